The standard InChI is InChI=1S/C52H32N2S2/c1-3-12-33(13-4-1)39-27-40(36-23-25-50-45(30-36)43-19-8-10-21-49(43)55-50)29-41(28-39)47-32-46(53-52(54-47)34-14-5-2-6-15-34)38-17-11-16-35(26-38)37-22-24-44-42-18-7-9-20-48(42)56-51(44)31-37/h1-32H. The number of fused-ring (bicyclic) bond motifs is 6. The zero-order valence-electron chi connectivity index (χ0n) is 30.2. The third-order valence-corrected chi connectivity index (χ3v) is 13.0. The molecule has 0 atom stereocenters. The first kappa shape index (κ1) is 32.7. The molecule has 262 valence electrons. The van der Waals surface area contributed by atoms with E-state index in [1.54, 1.807) is 0 Å². The Hall–Kier alpha value is -6.72. The van der Waals surface area contributed by atoms with E-state index in [0.29, 0.717) is 5.82 Å². The minimum absolute atomic E-state index is 0.702. The molecule has 0 aliphatic carbocycles. The maximum absolute atomic E-state index is 5.28. The second-order valence-corrected chi connectivity index (χ2v) is 16.4. The predicted octanol–water partition coefficient (Wildman–Crippen LogP) is 15.2. The van der Waals surface area contributed by atoms with Gasteiger partial charge < -0.3 is 0 Å². The van der Waals surface area contributed by atoms with Crippen molar-refractivity contribution in [2.45, 2.75) is 0 Å². The maximum Gasteiger partial charge on any atom is 0.160 e. The van der Waals surface area contributed by atoms with Gasteiger partial charge >= 0.3 is 0 Å². The van der Waals surface area contributed by atoms with Gasteiger partial charge in [0.25, 0.3) is 0 Å². The lowest BCUT2D eigenvalue weighted by Crippen LogP contribution is -1.97. The summed E-state index contributed by atoms with van der Waals surface area (Å²) in [5.41, 5.74) is 11.8. The summed E-state index contributed by atoms with van der Waals surface area (Å²) in [5, 5.41) is 5.21. The normalized spacial score (nSPS) is 11.6. The van der Waals surface area contributed by atoms with Crippen molar-refractivity contribution in [1.29, 1.82) is 0 Å². The second-order valence-electron chi connectivity index (χ2n) is 14.2. The molecule has 0 N–H and O–H groups in total. The molecule has 0 saturated heterocycles. The molecule has 3 heterocycles. The summed E-state index contributed by atoms with van der Waals surface area (Å²) < 4.78 is 5.22. The lowest BCUT2D eigenvalue weighted by Gasteiger charge is -2.14. The highest BCUT2D eigenvalue weighted by Crippen LogP contribution is 2.40. The molecule has 0 spiro atoms. The van der Waals surface area contributed by atoms with Crippen molar-refractivity contribution in [2.75, 3.05) is 0 Å². The van der Waals surface area contributed by atoms with Crippen LogP contribution >= 0.6 is 22.7 Å². The van der Waals surface area contributed by atoms with Crippen LogP contribution in [0, 0.1) is 0 Å². The fourth-order valence-corrected chi connectivity index (χ4v) is 10.1. The molecule has 0 amide bonds. The van der Waals surface area contributed by atoms with Gasteiger partial charge in [-0.15, -0.1) is 22.7 Å². The molecule has 0 aliphatic rings. The van der Waals surface area contributed by atoms with E-state index < -0.39 is 0 Å². The van der Waals surface area contributed by atoms with E-state index in [4.69, 9.17) is 9.97 Å². The Morgan fingerprint density at radius 2 is 0.732 bits per heavy atom. The summed E-state index contributed by atoms with van der Waals surface area (Å²) in [7, 11) is 0. The Balaban J connectivity index is 1.07. The highest BCUT2D eigenvalue weighted by Gasteiger charge is 2.16. The van der Waals surface area contributed by atoms with E-state index in [-0.39, 0.29) is 0 Å². The van der Waals surface area contributed by atoms with Crippen molar-refractivity contribution in [1.82, 2.24) is 9.97 Å². The lowest BCUT2D eigenvalue weighted by molar-refractivity contribution is 1.18. The summed E-state index contributed by atoms with van der Waals surface area (Å²) in [6, 6.07) is 69.8. The Kier molecular flexibility index (Phi) is 7.90. The Morgan fingerprint density at radius 1 is 0.250 bits per heavy atom. The zero-order chi connectivity index (χ0) is 37.0. The number of rotatable bonds is 6. The first-order chi connectivity index (χ1) is 27.7. The molecule has 0 bridgehead atoms. The third kappa shape index (κ3) is 5.88. The molecule has 4 heteroatoms. The maximum atomic E-state index is 5.28. The van der Waals surface area contributed by atoms with Crippen LogP contribution in [0.5, 0.6) is 0 Å². The van der Waals surface area contributed by atoms with Crippen molar-refractivity contribution in [3.05, 3.63) is 194 Å². The molecule has 0 aliphatic heterocycles. The van der Waals surface area contributed by atoms with Crippen LogP contribution in [-0.2, 0) is 0 Å². The van der Waals surface area contributed by atoms with Crippen molar-refractivity contribution in [3.8, 4) is 67.3 Å². The summed E-state index contributed by atoms with van der Waals surface area (Å²) in [6.07, 6.45) is 0. The molecule has 3 aromatic heterocycles. The summed E-state index contributed by atoms with van der Waals surface area (Å²) in [5.74, 6) is 0.702. The smallest absolute Gasteiger partial charge is 0.160 e. The molecule has 2 nitrogen and oxygen atoms in total. The van der Waals surface area contributed by atoms with Crippen LogP contribution in [0.15, 0.2) is 194 Å². The topological polar surface area (TPSA) is 25.8 Å². The third-order valence-electron chi connectivity index (χ3n) is 10.7. The minimum Gasteiger partial charge on any atom is -0.228 e. The van der Waals surface area contributed by atoms with Gasteiger partial charge in [0.2, 0.25) is 0 Å². The first-order valence-electron chi connectivity index (χ1n) is 18.8. The van der Waals surface area contributed by atoms with Crippen LogP contribution < -0.4 is 0 Å². The summed E-state index contributed by atoms with van der Waals surface area (Å²) in [4.78, 5) is 10.5. The van der Waals surface area contributed by atoms with Gasteiger partial charge in [0.05, 0.1) is 11.4 Å². The number of hydrogen-bond donors (Lipinski definition) is 0. The van der Waals surface area contributed by atoms with E-state index in [1.807, 2.05) is 40.9 Å². The monoisotopic (exact) mass is 748 g/mol. The SMILES string of the molecule is c1ccc(-c2cc(-c3ccc4sc5ccccc5c4c3)cc(-c3cc(-c4cccc(-c5ccc6c(c5)sc5ccccc56)c4)nc(-c4ccccc4)n3)c2)cc1. The van der Waals surface area contributed by atoms with E-state index >= 15 is 0 Å². The molecule has 0 fully saturated rings. The van der Waals surface area contributed by atoms with Crippen LogP contribution in [0.2, 0.25) is 0 Å². The van der Waals surface area contributed by atoms with Gasteiger partial charge in [0, 0.05) is 57.0 Å². The Labute approximate surface area is 332 Å². The van der Waals surface area contributed by atoms with Gasteiger partial charge in [-0.25, -0.2) is 9.97 Å². The van der Waals surface area contributed by atoms with Crippen LogP contribution in [0.25, 0.3) is 108 Å². The van der Waals surface area contributed by atoms with Crippen molar-refractivity contribution in [2.24, 2.45) is 0 Å². The number of aromatic nitrogens is 2. The number of hydrogen-bond acceptors (Lipinski definition) is 4. The zero-order valence-corrected chi connectivity index (χ0v) is 31.8. The lowest BCUT2D eigenvalue weighted by atomic mass is 9.93. The van der Waals surface area contributed by atoms with E-state index in [2.05, 4.69) is 176 Å². The molecule has 56 heavy (non-hydrogen) atoms. The molecule has 8 aromatic carbocycles. The van der Waals surface area contributed by atoms with Gasteiger partial charge in [0.1, 0.15) is 0 Å². The van der Waals surface area contributed by atoms with Gasteiger partial charge in [-0.3, -0.25) is 0 Å². The van der Waals surface area contributed by atoms with Gasteiger partial charge in [-0.1, -0.05) is 133 Å². The number of benzene rings is 8. The minimum atomic E-state index is 0.702. The molecule has 0 unspecified atom stereocenters. The van der Waals surface area contributed by atoms with Crippen molar-refractivity contribution in [3.63, 3.8) is 0 Å². The highest BCUT2D eigenvalue weighted by molar-refractivity contribution is 7.26. The van der Waals surface area contributed by atoms with Crippen molar-refractivity contribution >= 4 is 63.0 Å². The highest BCUT2D eigenvalue weighted by atomic mass is 32.1. The Bertz CT molecular complexity index is 3250. The molecular weight excluding hydrogens is 717 g/mol. The van der Waals surface area contributed by atoms with E-state index in [9.17, 15) is 0 Å². The van der Waals surface area contributed by atoms with Gasteiger partial charge in [0.15, 0.2) is 5.82 Å². The fourth-order valence-electron chi connectivity index (χ4n) is 7.87. The number of nitrogens with zero attached hydrogens (tertiary/aromatic N) is 2. The van der Waals surface area contributed by atoms with Gasteiger partial charge in [-0.05, 0) is 94.0 Å². The molecule has 11 rings (SSSR count). The number of thiophene rings is 2. The average molecular weight is 749 g/mol. The van der Waals surface area contributed by atoms with Crippen molar-refractivity contribution < 1.29 is 0 Å². The summed E-state index contributed by atoms with van der Waals surface area (Å²) in [6.45, 7) is 0. The second kappa shape index (κ2) is 13.5. The molecule has 0 saturated carbocycles. The van der Waals surface area contributed by atoms with E-state index in [0.717, 1.165) is 44.8 Å². The van der Waals surface area contributed by atoms with Crippen LogP contribution in [0.4, 0.5) is 0 Å². The fraction of sp³-hybridized carbons (Fsp3) is 0. The largest absolute Gasteiger partial charge is 0.228 e. The quantitative estimate of drug-likeness (QED) is 0.169. The first-order valence-corrected chi connectivity index (χ1v) is 20.4. The molecule has 0 radical (unpaired) electrons. The van der Waals surface area contributed by atoms with Crippen LogP contribution in [0.3, 0.4) is 0 Å². The van der Waals surface area contributed by atoms with Gasteiger partial charge in [-0.2, -0.15) is 0 Å². The Morgan fingerprint density at radius 3 is 1.50 bits per heavy atom. The van der Waals surface area contributed by atoms with Crippen LogP contribution in [-0.4, -0.2) is 9.97 Å². The van der Waals surface area contributed by atoms with Crippen LogP contribution in [0.1, 0.15) is 0 Å². The average Bonchev–Trinajstić information content (AvgIpc) is 3.84. The summed E-state index contributed by atoms with van der Waals surface area (Å²) >= 11 is 3.70. The molecular formula is C52H32N2S2. The molecule has 11 aromatic rings. The predicted molar refractivity (Wildman–Crippen MR) is 240 cm³/mol. The van der Waals surface area contributed by atoms with E-state index in [1.165, 1.54) is 57.0 Å².